The Kier molecular flexibility index (Phi) is 5.14. The van der Waals surface area contributed by atoms with Gasteiger partial charge < -0.3 is 16.4 Å². The average Bonchev–Trinajstić information content (AvgIpc) is 3.10. The molecule has 4 N–H and O–H groups in total. The first-order valence-corrected chi connectivity index (χ1v) is 10.9. The van der Waals surface area contributed by atoms with Crippen molar-refractivity contribution in [2.24, 2.45) is 12.8 Å². The minimum atomic E-state index is 0.0180. The van der Waals surface area contributed by atoms with Gasteiger partial charge in [-0.05, 0) is 49.7 Å². The van der Waals surface area contributed by atoms with Crippen molar-refractivity contribution in [1.29, 1.82) is 0 Å². The summed E-state index contributed by atoms with van der Waals surface area (Å²) in [5, 5.41) is 7.29. The van der Waals surface area contributed by atoms with E-state index in [4.69, 9.17) is 5.73 Å². The number of nitrogens with zero attached hydrogens (tertiary/aromatic N) is 4. The number of nitrogens with two attached hydrogens (primary N) is 1. The maximum absolute atomic E-state index is 13.2. The number of aromatic nitrogens is 4. The molecule has 8 nitrogen and oxygen atoms in total. The van der Waals surface area contributed by atoms with E-state index in [0.717, 1.165) is 64.7 Å². The lowest BCUT2D eigenvalue weighted by Crippen LogP contribution is -2.34. The summed E-state index contributed by atoms with van der Waals surface area (Å²) in [6.45, 7) is 1.84. The molecule has 0 bridgehead atoms. The Morgan fingerprint density at radius 2 is 1.94 bits per heavy atom. The van der Waals surface area contributed by atoms with Crippen LogP contribution in [0, 0.1) is 0 Å². The van der Waals surface area contributed by atoms with Gasteiger partial charge in [-0.1, -0.05) is 12.1 Å². The third-order valence-electron chi connectivity index (χ3n) is 6.28. The first-order valence-electron chi connectivity index (χ1n) is 10.9. The van der Waals surface area contributed by atoms with Gasteiger partial charge in [-0.15, -0.1) is 0 Å². The molecule has 0 atom stereocenters. The third-order valence-corrected chi connectivity index (χ3v) is 6.28. The van der Waals surface area contributed by atoms with Crippen molar-refractivity contribution in [3.05, 3.63) is 65.1 Å². The molecule has 4 heterocycles. The zero-order valence-electron chi connectivity index (χ0n) is 18.3. The first kappa shape index (κ1) is 20.3. The summed E-state index contributed by atoms with van der Waals surface area (Å²) in [6, 6.07) is 10.3. The van der Waals surface area contributed by atoms with Crippen LogP contribution in [0.1, 0.15) is 24.6 Å². The van der Waals surface area contributed by atoms with Crippen LogP contribution >= 0.6 is 0 Å². The number of pyridine rings is 2. The van der Waals surface area contributed by atoms with E-state index in [-0.39, 0.29) is 11.7 Å². The molecule has 4 aromatic rings. The molecule has 1 aromatic carbocycles. The van der Waals surface area contributed by atoms with Crippen LogP contribution in [0.3, 0.4) is 0 Å². The molecular formula is C24H27N7O. The lowest BCUT2D eigenvalue weighted by Gasteiger charge is -2.24. The summed E-state index contributed by atoms with van der Waals surface area (Å²) in [5.41, 5.74) is 12.0. The molecule has 0 aliphatic carbocycles. The maximum atomic E-state index is 13.2. The minimum absolute atomic E-state index is 0.0180. The predicted octanol–water partition coefficient (Wildman–Crippen LogP) is 2.35. The molecule has 1 fully saturated rings. The zero-order valence-corrected chi connectivity index (χ0v) is 18.3. The van der Waals surface area contributed by atoms with Crippen molar-refractivity contribution >= 4 is 27.6 Å². The van der Waals surface area contributed by atoms with Gasteiger partial charge in [-0.25, -0.2) is 4.79 Å². The number of benzene rings is 1. The van der Waals surface area contributed by atoms with Crippen LogP contribution in [-0.2, 0) is 7.05 Å². The summed E-state index contributed by atoms with van der Waals surface area (Å²) in [5.74, 6) is 0. The highest BCUT2D eigenvalue weighted by atomic mass is 16.1. The number of fused-ring (bicyclic) bond motifs is 3. The summed E-state index contributed by atoms with van der Waals surface area (Å²) < 4.78 is 3.69. The van der Waals surface area contributed by atoms with Gasteiger partial charge in [0.05, 0.1) is 34.1 Å². The average molecular weight is 430 g/mol. The summed E-state index contributed by atoms with van der Waals surface area (Å²) >= 11 is 0. The lowest BCUT2D eigenvalue weighted by atomic mass is 10.0. The SMILES string of the molecule is CN/C=C(\N)c1ccc(-c2ccc3ncc4c(c3c2)n(C2CCNCC2)c(=O)n4C)cn1. The van der Waals surface area contributed by atoms with Crippen LogP contribution in [0.5, 0.6) is 0 Å². The van der Waals surface area contributed by atoms with Gasteiger partial charge in [-0.3, -0.25) is 19.1 Å². The van der Waals surface area contributed by atoms with Crippen LogP contribution in [0.25, 0.3) is 38.8 Å². The summed E-state index contributed by atoms with van der Waals surface area (Å²) in [6.07, 6.45) is 7.23. The Hall–Kier alpha value is -3.65. The third kappa shape index (κ3) is 3.33. The zero-order chi connectivity index (χ0) is 22.2. The molecule has 3 aromatic heterocycles. The molecule has 0 unspecified atom stereocenters. The highest BCUT2D eigenvalue weighted by Gasteiger charge is 2.23. The lowest BCUT2D eigenvalue weighted by molar-refractivity contribution is 0.366. The first-order chi connectivity index (χ1) is 15.6. The number of imidazole rings is 1. The molecule has 0 amide bonds. The number of nitrogens with one attached hydrogen (secondary N) is 2. The van der Waals surface area contributed by atoms with E-state index >= 15 is 0 Å². The summed E-state index contributed by atoms with van der Waals surface area (Å²) in [7, 11) is 3.63. The molecule has 0 saturated carbocycles. The normalized spacial score (nSPS) is 15.5. The van der Waals surface area contributed by atoms with Gasteiger partial charge >= 0.3 is 5.69 Å². The Labute approximate surface area is 185 Å². The summed E-state index contributed by atoms with van der Waals surface area (Å²) in [4.78, 5) is 22.3. The van der Waals surface area contributed by atoms with Crippen LogP contribution in [0.4, 0.5) is 0 Å². The number of aryl methyl sites for hydroxylation is 1. The Morgan fingerprint density at radius 3 is 2.66 bits per heavy atom. The fourth-order valence-corrected chi connectivity index (χ4v) is 4.58. The van der Waals surface area contributed by atoms with E-state index in [1.54, 1.807) is 17.8 Å². The van der Waals surface area contributed by atoms with Gasteiger partial charge in [0.2, 0.25) is 0 Å². The molecule has 1 aliphatic heterocycles. The molecule has 0 radical (unpaired) electrons. The second-order valence-electron chi connectivity index (χ2n) is 8.24. The molecule has 8 heteroatoms. The Morgan fingerprint density at radius 1 is 1.16 bits per heavy atom. The smallest absolute Gasteiger partial charge is 0.329 e. The van der Waals surface area contributed by atoms with Gasteiger partial charge in [-0.2, -0.15) is 0 Å². The molecular weight excluding hydrogens is 402 g/mol. The molecule has 0 spiro atoms. The fourth-order valence-electron chi connectivity index (χ4n) is 4.58. The maximum Gasteiger partial charge on any atom is 0.329 e. The molecule has 5 rings (SSSR count). The second kappa shape index (κ2) is 8.12. The van der Waals surface area contributed by atoms with Crippen molar-refractivity contribution in [3.63, 3.8) is 0 Å². The minimum Gasteiger partial charge on any atom is -0.396 e. The second-order valence-corrected chi connectivity index (χ2v) is 8.24. The van der Waals surface area contributed by atoms with E-state index in [0.29, 0.717) is 5.70 Å². The van der Waals surface area contributed by atoms with Gasteiger partial charge in [0.1, 0.15) is 0 Å². The fraction of sp³-hybridized carbons (Fsp3) is 0.292. The van der Waals surface area contributed by atoms with E-state index in [2.05, 4.69) is 26.7 Å². The highest BCUT2D eigenvalue weighted by molar-refractivity contribution is 6.04. The van der Waals surface area contributed by atoms with E-state index in [1.807, 2.05) is 48.3 Å². The molecule has 1 saturated heterocycles. The van der Waals surface area contributed by atoms with E-state index in [1.165, 1.54) is 0 Å². The van der Waals surface area contributed by atoms with E-state index < -0.39 is 0 Å². The quantitative estimate of drug-likeness (QED) is 0.460. The number of hydrogen-bond acceptors (Lipinski definition) is 6. The largest absolute Gasteiger partial charge is 0.396 e. The monoisotopic (exact) mass is 429 g/mol. The number of hydrogen-bond donors (Lipinski definition) is 3. The number of rotatable bonds is 4. The van der Waals surface area contributed by atoms with Crippen molar-refractivity contribution in [1.82, 2.24) is 29.7 Å². The van der Waals surface area contributed by atoms with Crippen LogP contribution in [0.15, 0.2) is 53.7 Å². The highest BCUT2D eigenvalue weighted by Crippen LogP contribution is 2.31. The standard InChI is InChI=1S/C24H27N7O/c1-26-13-19(25)21-6-4-16(12-28-21)15-3-5-20-18(11-15)23-22(14-29-20)30(2)24(32)31(23)17-7-9-27-10-8-17/h3-6,11-14,17,26-27H,7-10,25H2,1-2H3/b19-13-. The van der Waals surface area contributed by atoms with Crippen LogP contribution in [-0.4, -0.2) is 39.2 Å². The predicted molar refractivity (Wildman–Crippen MR) is 128 cm³/mol. The van der Waals surface area contributed by atoms with Crippen molar-refractivity contribution in [2.75, 3.05) is 20.1 Å². The Balaban J connectivity index is 1.67. The van der Waals surface area contributed by atoms with Gasteiger partial charge in [0.15, 0.2) is 0 Å². The Bertz CT molecular complexity index is 1380. The topological polar surface area (TPSA) is 103 Å². The van der Waals surface area contributed by atoms with E-state index in [9.17, 15) is 4.79 Å². The van der Waals surface area contributed by atoms with Crippen molar-refractivity contribution < 1.29 is 0 Å². The van der Waals surface area contributed by atoms with Crippen LogP contribution in [0.2, 0.25) is 0 Å². The molecule has 164 valence electrons. The van der Waals surface area contributed by atoms with Crippen molar-refractivity contribution in [3.8, 4) is 11.1 Å². The molecule has 32 heavy (non-hydrogen) atoms. The van der Waals surface area contributed by atoms with Gasteiger partial charge in [0, 0.05) is 43.5 Å². The van der Waals surface area contributed by atoms with Gasteiger partial charge in [0.25, 0.3) is 0 Å². The van der Waals surface area contributed by atoms with Crippen LogP contribution < -0.4 is 22.1 Å². The molecule has 1 aliphatic rings. The number of piperidine rings is 1. The van der Waals surface area contributed by atoms with Crippen molar-refractivity contribution in [2.45, 2.75) is 18.9 Å².